The average Bonchev–Trinajstić information content (AvgIpc) is 2.83. The van der Waals surface area contributed by atoms with Gasteiger partial charge in [0.25, 0.3) is 0 Å². The molecule has 22 heavy (non-hydrogen) atoms. The van der Waals surface area contributed by atoms with E-state index >= 15 is 0 Å². The third-order valence-corrected chi connectivity index (χ3v) is 6.77. The first-order valence-corrected chi connectivity index (χ1v) is 8.25. The zero-order valence-electron chi connectivity index (χ0n) is 13.0. The number of ketones is 2. The number of carbonyl (C=O) groups is 3. The summed E-state index contributed by atoms with van der Waals surface area (Å²) >= 11 is 0. The normalized spacial score (nSPS) is 29.2. The largest absolute Gasteiger partial charge is 0.454 e. The molecule has 1 radical (unpaired) electrons. The summed E-state index contributed by atoms with van der Waals surface area (Å²) in [6, 6.07) is 8.42. The van der Waals surface area contributed by atoms with Gasteiger partial charge in [-0.15, -0.1) is 0 Å². The summed E-state index contributed by atoms with van der Waals surface area (Å²) in [5.41, 5.74) is -2.71. The monoisotopic (exact) mass is 326 g/mol. The fourth-order valence-corrected chi connectivity index (χ4v) is 5.43. The molecule has 3 rings (SSSR count). The van der Waals surface area contributed by atoms with E-state index in [2.05, 4.69) is 0 Å². The molecular formula is C16H16NaO4P+. The van der Waals surface area contributed by atoms with Gasteiger partial charge in [0.2, 0.25) is 11.6 Å². The van der Waals surface area contributed by atoms with Crippen molar-refractivity contribution in [2.75, 3.05) is 0 Å². The van der Waals surface area contributed by atoms with E-state index in [1.54, 1.807) is 44.2 Å². The molecule has 3 unspecified atom stereocenters. The fraction of sp³-hybridized carbons (Fsp3) is 0.438. The molecule has 0 saturated heterocycles. The topological polar surface area (TPSA) is 68.3 Å². The minimum atomic E-state index is -2.34. The predicted molar refractivity (Wildman–Crippen MR) is 83.4 cm³/mol. The molecule has 0 spiro atoms. The van der Waals surface area contributed by atoms with Crippen LogP contribution in [0.25, 0.3) is 0 Å². The van der Waals surface area contributed by atoms with Gasteiger partial charge < -0.3 is 0 Å². The van der Waals surface area contributed by atoms with Crippen LogP contribution < -0.4 is 5.30 Å². The Kier molecular flexibility index (Phi) is 4.63. The van der Waals surface area contributed by atoms with Crippen molar-refractivity contribution in [2.24, 2.45) is 16.7 Å². The predicted octanol–water partition coefficient (Wildman–Crippen LogP) is 1.86. The standard InChI is InChI=1S/C16H16O4P.Na/c1-15(2)11-8-9-16(15,13(18)12(11)17)14(19)21(20)10-6-4-3-5-7-10;/h3-7,11H,8-9H2,1-2H3;/q+1;. The summed E-state index contributed by atoms with van der Waals surface area (Å²) in [7, 11) is -2.34. The van der Waals surface area contributed by atoms with E-state index in [9.17, 15) is 18.9 Å². The summed E-state index contributed by atoms with van der Waals surface area (Å²) in [6.07, 6.45) is 0.864. The Morgan fingerprint density at radius 2 is 1.77 bits per heavy atom. The van der Waals surface area contributed by atoms with E-state index in [1.165, 1.54) is 0 Å². The summed E-state index contributed by atoms with van der Waals surface area (Å²) in [5.74, 6) is -1.50. The van der Waals surface area contributed by atoms with Gasteiger partial charge in [-0.25, -0.2) is 4.79 Å². The van der Waals surface area contributed by atoms with Gasteiger partial charge in [0.15, 0.2) is 10.7 Å². The molecule has 2 saturated carbocycles. The minimum Gasteiger partial charge on any atom is -0.291 e. The van der Waals surface area contributed by atoms with Gasteiger partial charge in [-0.1, -0.05) is 36.6 Å². The quantitative estimate of drug-likeness (QED) is 0.368. The van der Waals surface area contributed by atoms with Gasteiger partial charge in [-0.3, -0.25) is 9.59 Å². The zero-order chi connectivity index (χ0) is 15.4. The zero-order valence-corrected chi connectivity index (χ0v) is 15.9. The molecule has 0 aliphatic heterocycles. The average molecular weight is 326 g/mol. The van der Waals surface area contributed by atoms with Gasteiger partial charge in [0.1, 0.15) is 0 Å². The second-order valence-corrected chi connectivity index (χ2v) is 7.86. The molecule has 2 fully saturated rings. The summed E-state index contributed by atoms with van der Waals surface area (Å²) in [4.78, 5) is 37.3. The van der Waals surface area contributed by atoms with Crippen molar-refractivity contribution in [1.82, 2.24) is 0 Å². The Labute approximate surface area is 152 Å². The Morgan fingerprint density at radius 1 is 1.18 bits per heavy atom. The van der Waals surface area contributed by atoms with Crippen LogP contribution in [0.15, 0.2) is 30.3 Å². The van der Waals surface area contributed by atoms with E-state index in [-0.39, 0.29) is 29.6 Å². The third-order valence-electron chi connectivity index (χ3n) is 5.25. The molecule has 4 nitrogen and oxygen atoms in total. The molecular weight excluding hydrogens is 310 g/mol. The SMILES string of the molecule is CC1(C)C2CCC1(C(=O)[P+](=O)c1ccccc1)C(=O)C2=O.[Na]. The van der Waals surface area contributed by atoms with Crippen molar-refractivity contribution in [3.63, 3.8) is 0 Å². The fourth-order valence-electron chi connectivity index (χ4n) is 3.91. The Hall–Kier alpha value is -0.670. The first kappa shape index (κ1) is 17.7. The number of fused-ring (bicyclic) bond motifs is 2. The number of hydrogen-bond acceptors (Lipinski definition) is 4. The van der Waals surface area contributed by atoms with E-state index in [0.717, 1.165) is 0 Å². The van der Waals surface area contributed by atoms with Crippen LogP contribution in [0, 0.1) is 16.7 Å². The molecule has 0 heterocycles. The van der Waals surface area contributed by atoms with E-state index < -0.39 is 41.6 Å². The number of hydrogen-bond donors (Lipinski definition) is 0. The molecule has 109 valence electrons. The second-order valence-electron chi connectivity index (χ2n) is 6.35. The molecule has 2 bridgehead atoms. The molecule has 1 aromatic carbocycles. The number of Topliss-reactive ketones (excluding diaryl/α,β-unsaturated/α-hetero) is 2. The molecule has 1 aromatic rings. The Bertz CT molecular complexity index is 683. The molecule has 0 N–H and O–H groups in total. The Balaban J connectivity index is 0.00000176. The van der Waals surface area contributed by atoms with E-state index in [0.29, 0.717) is 18.1 Å². The minimum absolute atomic E-state index is 0. The third kappa shape index (κ3) is 2.05. The van der Waals surface area contributed by atoms with Crippen molar-refractivity contribution in [2.45, 2.75) is 26.7 Å². The maximum atomic E-state index is 12.8. The van der Waals surface area contributed by atoms with Crippen molar-refractivity contribution < 1.29 is 18.9 Å². The maximum Gasteiger partial charge on any atom is 0.454 e. The van der Waals surface area contributed by atoms with Crippen LogP contribution in [0.2, 0.25) is 0 Å². The smallest absolute Gasteiger partial charge is 0.291 e. The molecule has 0 amide bonds. The van der Waals surface area contributed by atoms with Gasteiger partial charge in [-0.05, 0) is 30.4 Å². The first-order valence-electron chi connectivity index (χ1n) is 6.99. The molecule has 2 aliphatic carbocycles. The van der Waals surface area contributed by atoms with Crippen LogP contribution in [-0.2, 0) is 18.9 Å². The van der Waals surface area contributed by atoms with Gasteiger partial charge >= 0.3 is 13.3 Å². The molecule has 3 atom stereocenters. The van der Waals surface area contributed by atoms with Crippen LogP contribution in [0.3, 0.4) is 0 Å². The summed E-state index contributed by atoms with van der Waals surface area (Å²) < 4.78 is 12.6. The van der Waals surface area contributed by atoms with E-state index in [4.69, 9.17) is 0 Å². The number of benzene rings is 1. The molecule has 0 aromatic heterocycles. The molecule has 2 aliphatic rings. The molecule has 6 heteroatoms. The van der Waals surface area contributed by atoms with Crippen LogP contribution in [0.5, 0.6) is 0 Å². The second kappa shape index (κ2) is 5.76. The van der Waals surface area contributed by atoms with Crippen molar-refractivity contribution in [1.29, 1.82) is 0 Å². The van der Waals surface area contributed by atoms with Crippen LogP contribution in [-0.4, -0.2) is 46.6 Å². The van der Waals surface area contributed by atoms with Crippen molar-refractivity contribution in [3.8, 4) is 0 Å². The van der Waals surface area contributed by atoms with Gasteiger partial charge in [0.05, 0.1) is 0 Å². The van der Waals surface area contributed by atoms with Crippen molar-refractivity contribution >= 4 is 59.8 Å². The van der Waals surface area contributed by atoms with Crippen LogP contribution >= 0.6 is 7.80 Å². The summed E-state index contributed by atoms with van der Waals surface area (Å²) in [5, 5.41) is 0.415. The summed E-state index contributed by atoms with van der Waals surface area (Å²) in [6.45, 7) is 3.55. The number of rotatable bonds is 3. The van der Waals surface area contributed by atoms with Crippen LogP contribution in [0.1, 0.15) is 26.7 Å². The van der Waals surface area contributed by atoms with Gasteiger partial charge in [-0.2, -0.15) is 0 Å². The number of carbonyl (C=O) groups excluding carboxylic acids is 3. The maximum absolute atomic E-state index is 12.8. The van der Waals surface area contributed by atoms with E-state index in [1.807, 2.05) is 0 Å². The first-order chi connectivity index (χ1) is 9.84. The van der Waals surface area contributed by atoms with Crippen LogP contribution in [0.4, 0.5) is 0 Å². The Morgan fingerprint density at radius 3 is 2.27 bits per heavy atom. The van der Waals surface area contributed by atoms with Crippen molar-refractivity contribution in [3.05, 3.63) is 30.3 Å². The van der Waals surface area contributed by atoms with Gasteiger partial charge in [0, 0.05) is 35.5 Å².